The van der Waals surface area contributed by atoms with Crippen LogP contribution < -0.4 is 5.32 Å². The van der Waals surface area contributed by atoms with Gasteiger partial charge in [0.1, 0.15) is 0 Å². The average Bonchev–Trinajstić information content (AvgIpc) is 2.61. The number of nitrogens with zero attached hydrogens (tertiary/aromatic N) is 2. The molecule has 3 aromatic rings. The number of nitrogens with one attached hydrogen (secondary N) is 1. The number of carbonyl (C=O) groups is 1. The van der Waals surface area contributed by atoms with Crippen molar-refractivity contribution in [3.63, 3.8) is 0 Å². The SMILES string of the molecule is O=C(O)c1ccccc1C=C(Nc1nccc2ccccc12)[N+](=O)[O-]. The lowest BCUT2D eigenvalue weighted by Crippen LogP contribution is -2.11. The molecule has 2 N–H and O–H groups in total. The first-order valence-electron chi connectivity index (χ1n) is 7.35. The highest BCUT2D eigenvalue weighted by molar-refractivity contribution is 5.94. The van der Waals surface area contributed by atoms with Gasteiger partial charge in [-0.2, -0.15) is 0 Å². The van der Waals surface area contributed by atoms with Gasteiger partial charge in [0.2, 0.25) is 5.82 Å². The van der Waals surface area contributed by atoms with Crippen molar-refractivity contribution < 1.29 is 14.8 Å². The molecule has 124 valence electrons. The summed E-state index contributed by atoms with van der Waals surface area (Å²) in [6.45, 7) is 0. The molecule has 2 aromatic carbocycles. The summed E-state index contributed by atoms with van der Waals surface area (Å²) in [6.07, 6.45) is 2.74. The van der Waals surface area contributed by atoms with Gasteiger partial charge in [0.25, 0.3) is 0 Å². The second kappa shape index (κ2) is 6.79. The minimum atomic E-state index is -1.15. The fourth-order valence-corrected chi connectivity index (χ4v) is 2.44. The zero-order valence-electron chi connectivity index (χ0n) is 12.9. The second-order valence-electron chi connectivity index (χ2n) is 5.18. The first-order chi connectivity index (χ1) is 12.1. The van der Waals surface area contributed by atoms with Gasteiger partial charge in [-0.15, -0.1) is 0 Å². The number of nitro groups is 1. The van der Waals surface area contributed by atoms with Gasteiger partial charge in [0, 0.05) is 17.7 Å². The Hall–Kier alpha value is -3.74. The predicted molar refractivity (Wildman–Crippen MR) is 93.7 cm³/mol. The Kier molecular flexibility index (Phi) is 4.38. The van der Waals surface area contributed by atoms with Crippen LogP contribution in [0.2, 0.25) is 0 Å². The van der Waals surface area contributed by atoms with Gasteiger partial charge in [0.15, 0.2) is 0 Å². The standard InChI is InChI=1S/C18H13N3O4/c22-18(23)15-8-4-2-6-13(15)11-16(21(24)25)20-17-14-7-3-1-5-12(14)9-10-19-17/h1-11H,(H,19,20)(H,22,23). The Morgan fingerprint density at radius 1 is 1.12 bits per heavy atom. The third-order valence-corrected chi connectivity index (χ3v) is 3.60. The van der Waals surface area contributed by atoms with Crippen molar-refractivity contribution >= 4 is 28.6 Å². The molecule has 0 atom stereocenters. The zero-order valence-corrected chi connectivity index (χ0v) is 12.9. The first-order valence-corrected chi connectivity index (χ1v) is 7.35. The summed E-state index contributed by atoms with van der Waals surface area (Å²) in [5.41, 5.74) is 0.212. The van der Waals surface area contributed by atoms with Crippen LogP contribution in [-0.4, -0.2) is 21.0 Å². The number of carboxylic acids is 1. The van der Waals surface area contributed by atoms with Crippen molar-refractivity contribution in [1.29, 1.82) is 0 Å². The van der Waals surface area contributed by atoms with Gasteiger partial charge in [0.05, 0.1) is 5.56 Å². The van der Waals surface area contributed by atoms with Crippen LogP contribution in [0.5, 0.6) is 0 Å². The summed E-state index contributed by atoms with van der Waals surface area (Å²) in [6, 6.07) is 15.2. The van der Waals surface area contributed by atoms with E-state index in [1.807, 2.05) is 18.2 Å². The van der Waals surface area contributed by atoms with Crippen LogP contribution in [-0.2, 0) is 0 Å². The molecule has 0 aliphatic rings. The molecule has 7 heteroatoms. The van der Waals surface area contributed by atoms with Crippen LogP contribution in [0, 0.1) is 10.1 Å². The summed E-state index contributed by atoms with van der Waals surface area (Å²) in [5, 5.41) is 24.9. The Morgan fingerprint density at radius 3 is 2.60 bits per heavy atom. The minimum absolute atomic E-state index is 0.0190. The van der Waals surface area contributed by atoms with E-state index >= 15 is 0 Å². The summed E-state index contributed by atoms with van der Waals surface area (Å²) in [4.78, 5) is 26.2. The van der Waals surface area contributed by atoms with E-state index in [0.717, 1.165) is 10.8 Å². The van der Waals surface area contributed by atoms with E-state index in [-0.39, 0.29) is 16.9 Å². The number of aromatic nitrogens is 1. The van der Waals surface area contributed by atoms with Gasteiger partial charge in [-0.1, -0.05) is 36.4 Å². The van der Waals surface area contributed by atoms with Crippen molar-refractivity contribution in [1.82, 2.24) is 4.98 Å². The molecule has 0 aliphatic carbocycles. The van der Waals surface area contributed by atoms with Crippen molar-refractivity contribution in [2.45, 2.75) is 0 Å². The topological polar surface area (TPSA) is 105 Å². The number of carboxylic acid groups (broad SMARTS) is 1. The maximum absolute atomic E-state index is 11.4. The number of hydrogen-bond acceptors (Lipinski definition) is 5. The normalized spacial score (nSPS) is 11.3. The van der Waals surface area contributed by atoms with E-state index < -0.39 is 10.9 Å². The number of benzene rings is 2. The fourth-order valence-electron chi connectivity index (χ4n) is 2.44. The quantitative estimate of drug-likeness (QED) is 0.545. The third-order valence-electron chi connectivity index (χ3n) is 3.60. The van der Waals surface area contributed by atoms with Crippen LogP contribution in [0.4, 0.5) is 5.82 Å². The summed E-state index contributed by atoms with van der Waals surface area (Å²) < 4.78 is 0. The highest BCUT2D eigenvalue weighted by Gasteiger charge is 2.16. The number of pyridine rings is 1. The van der Waals surface area contributed by atoms with Gasteiger partial charge < -0.3 is 15.2 Å². The lowest BCUT2D eigenvalue weighted by Gasteiger charge is -2.06. The van der Waals surface area contributed by atoms with Crippen molar-refractivity contribution in [3.8, 4) is 0 Å². The fraction of sp³-hybridized carbons (Fsp3) is 0. The van der Waals surface area contributed by atoms with E-state index in [9.17, 15) is 20.0 Å². The molecule has 0 amide bonds. The van der Waals surface area contributed by atoms with E-state index in [2.05, 4.69) is 10.3 Å². The van der Waals surface area contributed by atoms with Crippen LogP contribution in [0.15, 0.2) is 66.6 Å². The molecule has 0 unspecified atom stereocenters. The maximum Gasteiger partial charge on any atom is 0.336 e. The third kappa shape index (κ3) is 3.45. The molecular formula is C18H13N3O4. The molecule has 0 spiro atoms. The first kappa shape index (κ1) is 16.1. The average molecular weight is 335 g/mol. The number of hydrogen-bond donors (Lipinski definition) is 2. The number of aromatic carboxylic acids is 1. The minimum Gasteiger partial charge on any atom is -0.478 e. The molecule has 1 aromatic heterocycles. The van der Waals surface area contributed by atoms with Crippen molar-refractivity contribution in [2.75, 3.05) is 5.32 Å². The predicted octanol–water partition coefficient (Wildman–Crippen LogP) is 3.62. The van der Waals surface area contributed by atoms with E-state index in [1.54, 1.807) is 30.5 Å². The summed E-state index contributed by atoms with van der Waals surface area (Å²) >= 11 is 0. The molecule has 25 heavy (non-hydrogen) atoms. The molecule has 3 rings (SSSR count). The Balaban J connectivity index is 2.06. The Bertz CT molecular complexity index is 993. The van der Waals surface area contributed by atoms with Gasteiger partial charge in [-0.25, -0.2) is 15.1 Å². The number of rotatable bonds is 5. The second-order valence-corrected chi connectivity index (χ2v) is 5.18. The van der Waals surface area contributed by atoms with Crippen LogP contribution in [0.25, 0.3) is 16.8 Å². The summed E-state index contributed by atoms with van der Waals surface area (Å²) in [5.74, 6) is -1.19. The lowest BCUT2D eigenvalue weighted by molar-refractivity contribution is -0.420. The molecule has 0 saturated carbocycles. The highest BCUT2D eigenvalue weighted by Crippen LogP contribution is 2.23. The largest absolute Gasteiger partial charge is 0.478 e. The van der Waals surface area contributed by atoms with Crippen LogP contribution >= 0.6 is 0 Å². The molecule has 0 aliphatic heterocycles. The van der Waals surface area contributed by atoms with E-state index in [0.29, 0.717) is 5.82 Å². The summed E-state index contributed by atoms with van der Waals surface area (Å²) in [7, 11) is 0. The Labute approximate surface area is 142 Å². The van der Waals surface area contributed by atoms with Crippen LogP contribution in [0.3, 0.4) is 0 Å². The van der Waals surface area contributed by atoms with Gasteiger partial charge in [-0.3, -0.25) is 0 Å². The molecule has 7 nitrogen and oxygen atoms in total. The zero-order chi connectivity index (χ0) is 17.8. The highest BCUT2D eigenvalue weighted by atomic mass is 16.6. The van der Waals surface area contributed by atoms with E-state index in [4.69, 9.17) is 0 Å². The monoisotopic (exact) mass is 335 g/mol. The Morgan fingerprint density at radius 2 is 1.84 bits per heavy atom. The van der Waals surface area contributed by atoms with Crippen molar-refractivity contribution in [2.24, 2.45) is 0 Å². The number of fused-ring (bicyclic) bond motifs is 1. The van der Waals surface area contributed by atoms with Gasteiger partial charge in [-0.05, 0) is 34.1 Å². The molecule has 0 saturated heterocycles. The van der Waals surface area contributed by atoms with E-state index in [1.165, 1.54) is 18.2 Å². The van der Waals surface area contributed by atoms with Gasteiger partial charge >= 0.3 is 11.8 Å². The molecule has 1 heterocycles. The molecule has 0 bridgehead atoms. The number of anilines is 1. The molecular weight excluding hydrogens is 322 g/mol. The van der Waals surface area contributed by atoms with Crippen molar-refractivity contribution in [3.05, 3.63) is 87.9 Å². The lowest BCUT2D eigenvalue weighted by atomic mass is 10.1. The molecule has 0 radical (unpaired) electrons. The van der Waals surface area contributed by atoms with Crippen LogP contribution in [0.1, 0.15) is 15.9 Å². The molecule has 0 fully saturated rings. The smallest absolute Gasteiger partial charge is 0.336 e. The maximum atomic E-state index is 11.4.